The number of aliphatic hydroxyl groups excluding tert-OH is 2. The fourth-order valence-corrected chi connectivity index (χ4v) is 10.2. The predicted molar refractivity (Wildman–Crippen MR) is 218 cm³/mol. The van der Waals surface area contributed by atoms with E-state index in [0.717, 1.165) is 13.8 Å². The second-order valence-corrected chi connectivity index (χ2v) is 17.4. The van der Waals surface area contributed by atoms with Gasteiger partial charge in [0, 0.05) is 37.7 Å². The molecule has 0 aromatic heterocycles. The Hall–Kier alpha value is -5.74. The summed E-state index contributed by atoms with van der Waals surface area (Å²) in [4.78, 5) is 84.0. The molecule has 15 heteroatoms. The Morgan fingerprint density at radius 1 is 0.823 bits per heavy atom. The number of rotatable bonds is 10. The molecule has 2 saturated carbocycles. The molecule has 3 aromatic carbocycles. The van der Waals surface area contributed by atoms with Crippen LogP contribution >= 0.6 is 0 Å². The van der Waals surface area contributed by atoms with Crippen molar-refractivity contribution in [1.29, 1.82) is 0 Å². The molecule has 11 atom stereocenters. The highest BCUT2D eigenvalue weighted by molar-refractivity contribution is 5.97. The number of hydrogen-bond acceptors (Lipinski definition) is 14. The van der Waals surface area contributed by atoms with E-state index in [2.05, 4.69) is 5.32 Å². The number of esters is 4. The molecule has 4 N–H and O–H groups in total. The van der Waals surface area contributed by atoms with E-state index in [9.17, 15) is 39.3 Å². The summed E-state index contributed by atoms with van der Waals surface area (Å²) in [6.45, 7) is 7.99. The van der Waals surface area contributed by atoms with Gasteiger partial charge in [-0.2, -0.15) is 0 Å². The second-order valence-electron chi connectivity index (χ2n) is 17.4. The molecule has 3 aromatic rings. The van der Waals surface area contributed by atoms with E-state index in [1.807, 2.05) is 0 Å². The van der Waals surface area contributed by atoms with Gasteiger partial charge in [-0.3, -0.25) is 19.2 Å². The van der Waals surface area contributed by atoms with Gasteiger partial charge in [0.1, 0.15) is 30.0 Å². The molecule has 3 aliphatic carbocycles. The van der Waals surface area contributed by atoms with Crippen molar-refractivity contribution in [3.05, 3.63) is 119 Å². The number of hydrogen-bond donors (Lipinski definition) is 4. The monoisotopic (exact) mass is 853 g/mol. The molecular weight excluding hydrogens is 803 g/mol. The molecule has 2 bridgehead atoms. The standard InChI is InChI=1S/C47H51NO14/c1-25-31(60-43(56)35(36(52)28-16-10-7-11-17-28)48-41(54)29-18-12-8-13-19-29)23-47(57)40(61-42(55)30-20-14-9-15-21-30)38-45(6,32(51)22-33-46(38,24-58-33)62-27(3)50)39(53)37(59-26(2)49)34(25)44(47,4)5/h7-21,31-33,35-38,40,51-52,57H,22-24H2,1-6H3,(H,48,54)/t31-,32-,33?,35-,36-,37+,38-,40-,45+,46-,47+/m0/s1. The number of Topliss-reactive ketones (excluding diaryl/α,β-unsaturated/α-hetero) is 1. The van der Waals surface area contributed by atoms with Crippen molar-refractivity contribution in [3.63, 3.8) is 0 Å². The molecule has 7 rings (SSSR count). The number of ether oxygens (including phenoxy) is 5. The van der Waals surface area contributed by atoms with Crippen LogP contribution in [0.15, 0.2) is 102 Å². The fraction of sp³-hybridized carbons (Fsp3) is 0.447. The topological polar surface area (TPSA) is 221 Å². The van der Waals surface area contributed by atoms with E-state index < -0.39 is 113 Å². The summed E-state index contributed by atoms with van der Waals surface area (Å²) in [7, 11) is 0. The highest BCUT2D eigenvalue weighted by Crippen LogP contribution is 2.64. The number of amides is 1. The Bertz CT molecular complexity index is 2280. The van der Waals surface area contributed by atoms with Gasteiger partial charge in [-0.15, -0.1) is 0 Å². The number of benzene rings is 3. The van der Waals surface area contributed by atoms with E-state index >= 15 is 4.79 Å². The first-order valence-electron chi connectivity index (χ1n) is 20.5. The Kier molecular flexibility index (Phi) is 11.8. The van der Waals surface area contributed by atoms with Crippen LogP contribution in [0.5, 0.6) is 0 Å². The van der Waals surface area contributed by atoms with Crippen LogP contribution in [0.2, 0.25) is 0 Å². The fourth-order valence-electron chi connectivity index (χ4n) is 10.2. The van der Waals surface area contributed by atoms with Gasteiger partial charge < -0.3 is 44.3 Å². The molecule has 3 fully saturated rings. The van der Waals surface area contributed by atoms with Gasteiger partial charge in [0.15, 0.2) is 23.5 Å². The summed E-state index contributed by atoms with van der Waals surface area (Å²) >= 11 is 0. The van der Waals surface area contributed by atoms with Crippen molar-refractivity contribution in [2.45, 2.75) is 108 Å². The average molecular weight is 854 g/mol. The summed E-state index contributed by atoms with van der Waals surface area (Å²) in [5, 5.41) is 40.1. The highest BCUT2D eigenvalue weighted by Gasteiger charge is 2.78. The van der Waals surface area contributed by atoms with Gasteiger partial charge in [0.2, 0.25) is 0 Å². The van der Waals surface area contributed by atoms with Crippen LogP contribution in [0.3, 0.4) is 0 Å². The minimum Gasteiger partial charge on any atom is -0.456 e. The molecular formula is C47H51NO14. The van der Waals surface area contributed by atoms with Gasteiger partial charge in [-0.1, -0.05) is 80.6 Å². The van der Waals surface area contributed by atoms with Gasteiger partial charge in [0.25, 0.3) is 5.91 Å². The third-order valence-corrected chi connectivity index (χ3v) is 13.5. The molecule has 1 aliphatic heterocycles. The lowest BCUT2D eigenvalue weighted by atomic mass is 9.44. The van der Waals surface area contributed by atoms with Crippen molar-refractivity contribution >= 4 is 35.6 Å². The van der Waals surface area contributed by atoms with Crippen molar-refractivity contribution in [1.82, 2.24) is 5.32 Å². The SMILES string of the molecule is CC(=O)O[C@H]1C(=O)[C@]2(C)[C@@H](O)CC3OC[C@@]3(OC(C)=O)[C@H]2[C@H](OC(=O)c2ccccc2)[C@]2(O)C[C@H](OC(=O)[C@@H](NC(=O)c3ccccc3)[C@@H](O)c3ccccc3)C(C)=C1C2(C)C. The smallest absolute Gasteiger partial charge is 0.338 e. The first kappa shape index (κ1) is 44.3. The molecule has 1 unspecified atom stereocenters. The highest BCUT2D eigenvalue weighted by atomic mass is 16.6. The Morgan fingerprint density at radius 3 is 1.95 bits per heavy atom. The number of carbonyl (C=O) groups is 6. The molecule has 0 spiro atoms. The van der Waals surface area contributed by atoms with Crippen LogP contribution in [0, 0.1) is 16.7 Å². The number of nitrogens with one attached hydrogen (secondary N) is 1. The zero-order valence-electron chi connectivity index (χ0n) is 35.2. The molecule has 62 heavy (non-hydrogen) atoms. The zero-order chi connectivity index (χ0) is 44.9. The molecule has 1 heterocycles. The van der Waals surface area contributed by atoms with Gasteiger partial charge >= 0.3 is 23.9 Å². The number of fused-ring (bicyclic) bond motifs is 5. The third-order valence-electron chi connectivity index (χ3n) is 13.5. The largest absolute Gasteiger partial charge is 0.456 e. The predicted octanol–water partition coefficient (Wildman–Crippen LogP) is 3.74. The quantitative estimate of drug-likeness (QED) is 0.130. The normalized spacial score (nSPS) is 31.9. The second kappa shape index (κ2) is 16.5. The summed E-state index contributed by atoms with van der Waals surface area (Å²) in [5.41, 5.74) is -7.20. The number of ketones is 1. The zero-order valence-corrected chi connectivity index (χ0v) is 35.2. The Morgan fingerprint density at radius 2 is 1.40 bits per heavy atom. The van der Waals surface area contributed by atoms with E-state index in [0.29, 0.717) is 0 Å². The number of aliphatic hydroxyl groups is 3. The lowest BCUT2D eigenvalue weighted by Gasteiger charge is -2.67. The maximum Gasteiger partial charge on any atom is 0.338 e. The first-order valence-corrected chi connectivity index (χ1v) is 20.5. The molecule has 0 radical (unpaired) electrons. The van der Waals surface area contributed by atoms with Crippen LogP contribution < -0.4 is 5.32 Å². The van der Waals surface area contributed by atoms with Crippen molar-refractivity contribution in [2.75, 3.05) is 6.61 Å². The van der Waals surface area contributed by atoms with Gasteiger partial charge in [0.05, 0.1) is 29.6 Å². The van der Waals surface area contributed by atoms with Crippen LogP contribution in [0.4, 0.5) is 0 Å². The summed E-state index contributed by atoms with van der Waals surface area (Å²) in [6.07, 6.45) is -10.1. The lowest BCUT2D eigenvalue weighted by Crippen LogP contribution is -2.82. The maximum atomic E-state index is 15.5. The first-order chi connectivity index (χ1) is 29.3. The maximum absolute atomic E-state index is 15.5. The van der Waals surface area contributed by atoms with Crippen LogP contribution in [-0.2, 0) is 42.9 Å². The van der Waals surface area contributed by atoms with Crippen LogP contribution in [-0.4, -0.2) is 105 Å². The lowest BCUT2D eigenvalue weighted by molar-refractivity contribution is -0.346. The number of carbonyl (C=O) groups excluding carboxylic acids is 6. The van der Waals surface area contributed by atoms with Crippen LogP contribution in [0.25, 0.3) is 0 Å². The van der Waals surface area contributed by atoms with Crippen molar-refractivity contribution in [2.24, 2.45) is 16.7 Å². The van der Waals surface area contributed by atoms with E-state index in [4.69, 9.17) is 23.7 Å². The minimum absolute atomic E-state index is 0.00103. The van der Waals surface area contributed by atoms with Crippen molar-refractivity contribution < 1.29 is 67.8 Å². The Balaban J connectivity index is 1.42. The minimum atomic E-state index is -2.40. The van der Waals surface area contributed by atoms with E-state index in [1.54, 1.807) is 80.6 Å². The van der Waals surface area contributed by atoms with Crippen molar-refractivity contribution in [3.8, 4) is 0 Å². The molecule has 328 valence electrons. The van der Waals surface area contributed by atoms with Gasteiger partial charge in [-0.25, -0.2) is 9.59 Å². The molecule has 15 nitrogen and oxygen atoms in total. The summed E-state index contributed by atoms with van der Waals surface area (Å²) in [6, 6.07) is 22.2. The van der Waals surface area contributed by atoms with Gasteiger partial charge in [-0.05, 0) is 54.8 Å². The third kappa shape index (κ3) is 7.29. The van der Waals surface area contributed by atoms with E-state index in [-0.39, 0.29) is 40.9 Å². The molecule has 1 saturated heterocycles. The summed E-state index contributed by atoms with van der Waals surface area (Å²) < 4.78 is 30.4. The molecule has 4 aliphatic rings. The summed E-state index contributed by atoms with van der Waals surface area (Å²) in [5.74, 6) is -6.86. The van der Waals surface area contributed by atoms with Crippen LogP contribution in [0.1, 0.15) is 86.8 Å². The Labute approximate surface area is 358 Å². The molecule has 1 amide bonds. The van der Waals surface area contributed by atoms with E-state index in [1.165, 1.54) is 38.1 Å². The average Bonchev–Trinajstić information content (AvgIpc) is 3.24.